The summed E-state index contributed by atoms with van der Waals surface area (Å²) in [6.45, 7) is 0.554. The van der Waals surface area contributed by atoms with E-state index in [2.05, 4.69) is 15.5 Å². The molecule has 3 aromatic rings. The Morgan fingerprint density at radius 3 is 2.71 bits per heavy atom. The minimum atomic E-state index is -4.66. The average molecular weight is 525 g/mol. The third-order valence-corrected chi connectivity index (χ3v) is 6.71. The number of thioether (sulfide) groups is 1. The number of fused-ring (bicyclic) bond motifs is 1. The van der Waals surface area contributed by atoms with Crippen LogP contribution in [0.1, 0.15) is 16.7 Å². The van der Waals surface area contributed by atoms with E-state index in [4.69, 9.17) is 16.7 Å². The number of alkyl halides is 3. The Balaban J connectivity index is 1.78. The van der Waals surface area contributed by atoms with Gasteiger partial charge in [-0.1, -0.05) is 23.7 Å². The number of nitrogens with one attached hydrogen (secondary N) is 2. The number of H-pyrrole nitrogens is 1. The molecule has 0 unspecified atom stereocenters. The van der Waals surface area contributed by atoms with Crippen LogP contribution >= 0.6 is 23.4 Å². The number of aliphatic hydroxyl groups is 1. The molecule has 0 spiro atoms. The molecule has 0 saturated carbocycles. The molecule has 2 aromatic carbocycles. The van der Waals surface area contributed by atoms with Gasteiger partial charge in [0.05, 0.1) is 28.8 Å². The molecule has 0 radical (unpaired) electrons. The number of aliphatic hydroxyl groups excluding tert-OH is 1. The van der Waals surface area contributed by atoms with Crippen molar-refractivity contribution in [2.75, 3.05) is 26.2 Å². The lowest BCUT2D eigenvalue weighted by atomic mass is 9.93. The summed E-state index contributed by atoms with van der Waals surface area (Å²) in [5.41, 5.74) is 0.555. The van der Waals surface area contributed by atoms with Crippen LogP contribution in [0.15, 0.2) is 47.5 Å². The first kappa shape index (κ1) is 25.2. The molecule has 0 aliphatic carbocycles. The molecule has 7 nitrogen and oxygen atoms in total. The first-order valence-corrected chi connectivity index (χ1v) is 11.8. The summed E-state index contributed by atoms with van der Waals surface area (Å²) in [5.74, 6) is -0.574. The Bertz CT molecular complexity index is 1310. The van der Waals surface area contributed by atoms with E-state index in [-0.39, 0.29) is 41.6 Å². The van der Waals surface area contributed by atoms with Crippen molar-refractivity contribution in [1.29, 1.82) is 0 Å². The SMILES string of the molecule is O=C1S/C(=C(/Cc2ccc(Cl)cc2C(F)(F)F)c2ccc3[nH]ncc3c2)C(=O)N1CCNCCO. The molecule has 12 heteroatoms. The van der Waals surface area contributed by atoms with Gasteiger partial charge in [0.15, 0.2) is 0 Å². The maximum atomic E-state index is 13.8. The zero-order valence-corrected chi connectivity index (χ0v) is 19.7. The van der Waals surface area contributed by atoms with E-state index in [1.807, 2.05) is 0 Å². The van der Waals surface area contributed by atoms with Crippen molar-refractivity contribution >= 4 is 51.0 Å². The third-order valence-electron chi connectivity index (χ3n) is 5.46. The Morgan fingerprint density at radius 1 is 1.17 bits per heavy atom. The van der Waals surface area contributed by atoms with Crippen molar-refractivity contribution in [1.82, 2.24) is 20.4 Å². The van der Waals surface area contributed by atoms with Gasteiger partial charge in [0.1, 0.15) is 0 Å². The zero-order valence-electron chi connectivity index (χ0n) is 18.2. The molecule has 1 saturated heterocycles. The maximum absolute atomic E-state index is 13.8. The van der Waals surface area contributed by atoms with Crippen molar-refractivity contribution in [2.24, 2.45) is 0 Å². The van der Waals surface area contributed by atoms with E-state index in [1.165, 1.54) is 12.1 Å². The summed E-state index contributed by atoms with van der Waals surface area (Å²) in [6.07, 6.45) is -3.33. The monoisotopic (exact) mass is 524 g/mol. The second-order valence-corrected chi connectivity index (χ2v) is 9.15. The first-order chi connectivity index (χ1) is 16.7. The van der Waals surface area contributed by atoms with Crippen LogP contribution in [0.2, 0.25) is 5.02 Å². The van der Waals surface area contributed by atoms with Gasteiger partial charge in [-0.25, -0.2) is 0 Å². The Labute approximate surface area is 207 Å². The number of carbonyl (C=O) groups is 2. The van der Waals surface area contributed by atoms with Crippen LogP contribution in [0.25, 0.3) is 16.5 Å². The number of rotatable bonds is 8. The van der Waals surface area contributed by atoms with Crippen LogP contribution in [0, 0.1) is 0 Å². The molecule has 1 aliphatic heterocycles. The Kier molecular flexibility index (Phi) is 7.50. The highest BCUT2D eigenvalue weighted by atomic mass is 35.5. The van der Waals surface area contributed by atoms with Crippen LogP contribution in [0.3, 0.4) is 0 Å². The largest absolute Gasteiger partial charge is 0.416 e. The zero-order chi connectivity index (χ0) is 25.2. The quantitative estimate of drug-likeness (QED) is 0.297. The van der Waals surface area contributed by atoms with Gasteiger partial charge in [-0.2, -0.15) is 18.3 Å². The molecule has 35 heavy (non-hydrogen) atoms. The van der Waals surface area contributed by atoms with Crippen molar-refractivity contribution in [2.45, 2.75) is 12.6 Å². The molecule has 3 N–H and O–H groups in total. The number of aromatic amines is 1. The highest BCUT2D eigenvalue weighted by molar-refractivity contribution is 8.18. The van der Waals surface area contributed by atoms with E-state index in [0.717, 1.165) is 16.5 Å². The molecule has 1 aliphatic rings. The smallest absolute Gasteiger partial charge is 0.395 e. The van der Waals surface area contributed by atoms with Crippen molar-refractivity contribution in [3.8, 4) is 0 Å². The van der Waals surface area contributed by atoms with Crippen molar-refractivity contribution in [3.05, 3.63) is 69.2 Å². The molecule has 2 heterocycles. The van der Waals surface area contributed by atoms with Gasteiger partial charge in [0.25, 0.3) is 11.1 Å². The minimum Gasteiger partial charge on any atom is -0.395 e. The number of halogens is 4. The number of carbonyl (C=O) groups excluding carboxylic acids is 2. The van der Waals surface area contributed by atoms with E-state index in [1.54, 1.807) is 24.4 Å². The molecule has 4 rings (SSSR count). The predicted molar refractivity (Wildman–Crippen MR) is 128 cm³/mol. The molecular weight excluding hydrogens is 505 g/mol. The molecule has 1 fully saturated rings. The highest BCUT2D eigenvalue weighted by Gasteiger charge is 2.38. The second kappa shape index (κ2) is 10.4. The number of imide groups is 1. The third kappa shape index (κ3) is 5.53. The predicted octanol–water partition coefficient (Wildman–Crippen LogP) is 4.47. The summed E-state index contributed by atoms with van der Waals surface area (Å²) in [5, 5.41) is 18.7. The summed E-state index contributed by atoms with van der Waals surface area (Å²) < 4.78 is 41.3. The van der Waals surface area contributed by atoms with Gasteiger partial charge < -0.3 is 10.4 Å². The number of hydrogen-bond donors (Lipinski definition) is 3. The minimum absolute atomic E-state index is 0.0573. The highest BCUT2D eigenvalue weighted by Crippen LogP contribution is 2.41. The number of nitrogens with zero attached hydrogens (tertiary/aromatic N) is 2. The number of allylic oxidation sites excluding steroid dienone is 1. The van der Waals surface area contributed by atoms with Gasteiger partial charge in [-0.05, 0) is 59.1 Å². The molecule has 1 aromatic heterocycles. The molecule has 0 atom stereocenters. The number of benzene rings is 2. The maximum Gasteiger partial charge on any atom is 0.416 e. The van der Waals surface area contributed by atoms with Crippen LogP contribution in [-0.2, 0) is 17.4 Å². The lowest BCUT2D eigenvalue weighted by molar-refractivity contribution is -0.138. The van der Waals surface area contributed by atoms with E-state index in [0.29, 0.717) is 34.8 Å². The number of hydrogen-bond acceptors (Lipinski definition) is 6. The van der Waals surface area contributed by atoms with Gasteiger partial charge in [-0.15, -0.1) is 0 Å². The van der Waals surface area contributed by atoms with Crippen molar-refractivity contribution < 1.29 is 27.9 Å². The van der Waals surface area contributed by atoms with Crippen LogP contribution in [0.4, 0.5) is 18.0 Å². The van der Waals surface area contributed by atoms with Gasteiger partial charge in [0.2, 0.25) is 0 Å². The van der Waals surface area contributed by atoms with E-state index in [9.17, 15) is 22.8 Å². The van der Waals surface area contributed by atoms with E-state index < -0.39 is 22.9 Å². The van der Waals surface area contributed by atoms with Crippen LogP contribution in [-0.4, -0.2) is 57.6 Å². The van der Waals surface area contributed by atoms with E-state index >= 15 is 0 Å². The molecular formula is C23H20ClF3N4O3S. The Hall–Kier alpha value is -2.86. The average Bonchev–Trinajstić information content (AvgIpc) is 3.39. The summed E-state index contributed by atoms with van der Waals surface area (Å²) in [7, 11) is 0. The standard InChI is InChI=1S/C23H20ClF3N4O3S/c24-16-3-1-14(18(11-16)23(25,26)27)10-17(13-2-4-19-15(9-13)12-29-30-19)20-21(33)31(22(34)35-20)7-5-28-6-8-32/h1-4,9,11-12,28,32H,5-8,10H2,(H,29,30)/b20-17-. The van der Waals surface area contributed by atoms with Gasteiger partial charge in [0, 0.05) is 30.0 Å². The van der Waals surface area contributed by atoms with Crippen molar-refractivity contribution in [3.63, 3.8) is 0 Å². The summed E-state index contributed by atoms with van der Waals surface area (Å²) in [6, 6.07) is 8.61. The second-order valence-electron chi connectivity index (χ2n) is 7.75. The lowest BCUT2D eigenvalue weighted by Gasteiger charge is -2.17. The van der Waals surface area contributed by atoms with Gasteiger partial charge >= 0.3 is 6.18 Å². The summed E-state index contributed by atoms with van der Waals surface area (Å²) in [4.78, 5) is 27.0. The fourth-order valence-corrected chi connectivity index (χ4v) is 4.91. The van der Waals surface area contributed by atoms with Crippen LogP contribution in [0.5, 0.6) is 0 Å². The molecule has 0 bridgehead atoms. The number of amides is 2. The first-order valence-electron chi connectivity index (χ1n) is 10.6. The molecule has 184 valence electrons. The Morgan fingerprint density at radius 2 is 1.97 bits per heavy atom. The molecule has 2 amide bonds. The number of aromatic nitrogens is 2. The van der Waals surface area contributed by atoms with Gasteiger partial charge in [-0.3, -0.25) is 19.6 Å². The van der Waals surface area contributed by atoms with Crippen LogP contribution < -0.4 is 5.32 Å². The summed E-state index contributed by atoms with van der Waals surface area (Å²) >= 11 is 6.54. The fourth-order valence-electron chi connectivity index (χ4n) is 3.77. The normalized spacial score (nSPS) is 16.0. The lowest BCUT2D eigenvalue weighted by Crippen LogP contribution is -2.36. The fraction of sp³-hybridized carbons (Fsp3) is 0.261. The topological polar surface area (TPSA) is 98.3 Å².